The molecule has 10 heteroatoms. The fourth-order valence-electron chi connectivity index (χ4n) is 3.90. The minimum atomic E-state index is -4.61. The molecule has 0 saturated carbocycles. The van der Waals surface area contributed by atoms with Gasteiger partial charge in [0.15, 0.2) is 17.2 Å². The van der Waals surface area contributed by atoms with Crippen LogP contribution in [0.25, 0.3) is 27.9 Å². The molecule has 1 aromatic carbocycles. The quantitative estimate of drug-likeness (QED) is 0.516. The van der Waals surface area contributed by atoms with Gasteiger partial charge in [-0.1, -0.05) is 18.6 Å². The van der Waals surface area contributed by atoms with Gasteiger partial charge < -0.3 is 10.6 Å². The largest absolute Gasteiger partial charge is 0.434 e. The lowest BCUT2D eigenvalue weighted by Gasteiger charge is -2.17. The molecule has 0 radical (unpaired) electrons. The van der Waals surface area contributed by atoms with E-state index in [-0.39, 0.29) is 17.4 Å². The number of pyridine rings is 1. The van der Waals surface area contributed by atoms with Gasteiger partial charge in [0, 0.05) is 24.2 Å². The molecule has 160 valence electrons. The molecule has 1 saturated heterocycles. The molecule has 1 aliphatic heterocycles. The highest BCUT2D eigenvalue weighted by molar-refractivity contribution is 5.92. The first-order valence-electron chi connectivity index (χ1n) is 10.2. The van der Waals surface area contributed by atoms with Gasteiger partial charge in [-0.2, -0.15) is 17.7 Å². The molecule has 3 aromatic heterocycles. The SMILES string of the molecule is FC(F)(F)c1ncccc1-c1nc2c3ccccc3nc(N[C@@H]3CCCCNC3)n2n1. The predicted octanol–water partition coefficient (Wildman–Crippen LogP) is 3.91. The summed E-state index contributed by atoms with van der Waals surface area (Å²) in [4.78, 5) is 12.7. The molecular formula is C21H20F3N7. The average molecular weight is 427 g/mol. The van der Waals surface area contributed by atoms with E-state index in [0.29, 0.717) is 22.5 Å². The number of anilines is 1. The molecule has 4 aromatic rings. The van der Waals surface area contributed by atoms with Gasteiger partial charge in [-0.15, -0.1) is 5.10 Å². The summed E-state index contributed by atoms with van der Waals surface area (Å²) in [7, 11) is 0. The second-order valence-electron chi connectivity index (χ2n) is 7.56. The number of nitrogens with one attached hydrogen (secondary N) is 2. The standard InChI is InChI=1S/C21H20F3N7/c22-21(23,24)17-15(8-5-11-26-17)18-29-19-14-7-1-2-9-16(14)28-20(31(19)30-18)27-13-6-3-4-10-25-12-13/h1-2,5,7-9,11,13,25H,3-4,6,10,12H2,(H,27,28)/t13-/m1/s1. The van der Waals surface area contributed by atoms with Gasteiger partial charge in [0.2, 0.25) is 5.95 Å². The Morgan fingerprint density at radius 3 is 2.81 bits per heavy atom. The summed E-state index contributed by atoms with van der Waals surface area (Å²) < 4.78 is 42.0. The van der Waals surface area contributed by atoms with Crippen molar-refractivity contribution in [1.82, 2.24) is 29.9 Å². The third-order valence-corrected chi connectivity index (χ3v) is 5.38. The van der Waals surface area contributed by atoms with E-state index in [2.05, 4.69) is 30.7 Å². The highest BCUT2D eigenvalue weighted by Gasteiger charge is 2.36. The summed E-state index contributed by atoms with van der Waals surface area (Å²) >= 11 is 0. The van der Waals surface area contributed by atoms with Gasteiger partial charge in [0.1, 0.15) is 0 Å². The number of hydrogen-bond donors (Lipinski definition) is 2. The number of aromatic nitrogens is 5. The lowest BCUT2D eigenvalue weighted by atomic mass is 10.1. The van der Waals surface area contributed by atoms with E-state index < -0.39 is 11.9 Å². The van der Waals surface area contributed by atoms with E-state index in [1.54, 1.807) is 0 Å². The van der Waals surface area contributed by atoms with E-state index >= 15 is 0 Å². The topological polar surface area (TPSA) is 80.0 Å². The van der Waals surface area contributed by atoms with Crippen LogP contribution in [0.4, 0.5) is 19.1 Å². The zero-order valence-corrected chi connectivity index (χ0v) is 16.5. The third kappa shape index (κ3) is 3.78. The number of alkyl halides is 3. The van der Waals surface area contributed by atoms with Gasteiger partial charge in [0.25, 0.3) is 0 Å². The number of hydrogen-bond acceptors (Lipinski definition) is 6. The van der Waals surface area contributed by atoms with Crippen LogP contribution in [-0.2, 0) is 6.18 Å². The Balaban J connectivity index is 1.67. The van der Waals surface area contributed by atoms with Crippen LogP contribution in [-0.4, -0.2) is 43.7 Å². The number of nitrogens with zero attached hydrogens (tertiary/aromatic N) is 5. The third-order valence-electron chi connectivity index (χ3n) is 5.38. The lowest BCUT2D eigenvalue weighted by Crippen LogP contribution is -2.32. The molecule has 1 fully saturated rings. The zero-order valence-electron chi connectivity index (χ0n) is 16.5. The Morgan fingerprint density at radius 2 is 1.94 bits per heavy atom. The monoisotopic (exact) mass is 427 g/mol. The minimum absolute atomic E-state index is 0.0411. The van der Waals surface area contributed by atoms with Gasteiger partial charge in [-0.25, -0.2) is 9.97 Å². The van der Waals surface area contributed by atoms with Crippen molar-refractivity contribution in [3.05, 3.63) is 48.3 Å². The molecule has 0 bridgehead atoms. The smallest absolute Gasteiger partial charge is 0.350 e. The second-order valence-corrected chi connectivity index (χ2v) is 7.56. The lowest BCUT2D eigenvalue weighted by molar-refractivity contribution is -0.140. The van der Waals surface area contributed by atoms with Crippen LogP contribution in [0.15, 0.2) is 42.6 Å². The number of fused-ring (bicyclic) bond motifs is 3. The molecule has 4 heterocycles. The van der Waals surface area contributed by atoms with Crippen LogP contribution < -0.4 is 10.6 Å². The summed E-state index contributed by atoms with van der Waals surface area (Å²) in [5.41, 5.74) is -0.0302. The molecule has 1 aliphatic rings. The second kappa shape index (κ2) is 7.77. The fourth-order valence-corrected chi connectivity index (χ4v) is 3.90. The normalized spacial score (nSPS) is 17.7. The first-order chi connectivity index (χ1) is 15.0. The van der Waals surface area contributed by atoms with Crippen LogP contribution in [0.3, 0.4) is 0 Å². The number of rotatable bonds is 3. The number of halogens is 3. The Kier molecular flexibility index (Phi) is 4.93. The van der Waals surface area contributed by atoms with E-state index in [1.165, 1.54) is 16.6 Å². The number of benzene rings is 1. The van der Waals surface area contributed by atoms with Crippen molar-refractivity contribution in [3.8, 4) is 11.4 Å². The first-order valence-corrected chi connectivity index (χ1v) is 10.2. The summed E-state index contributed by atoms with van der Waals surface area (Å²) in [6, 6.07) is 10.3. The van der Waals surface area contributed by atoms with Crippen LogP contribution in [0.2, 0.25) is 0 Å². The van der Waals surface area contributed by atoms with Crippen molar-refractivity contribution in [2.24, 2.45) is 0 Å². The summed E-state index contributed by atoms with van der Waals surface area (Å²) in [5.74, 6) is 0.416. The van der Waals surface area contributed by atoms with Gasteiger partial charge in [-0.05, 0) is 43.7 Å². The highest BCUT2D eigenvalue weighted by Crippen LogP contribution is 2.35. The summed E-state index contributed by atoms with van der Waals surface area (Å²) in [6.07, 6.45) is -0.347. The molecule has 0 aliphatic carbocycles. The van der Waals surface area contributed by atoms with Gasteiger partial charge in [0.05, 0.1) is 11.1 Å². The van der Waals surface area contributed by atoms with Crippen molar-refractivity contribution in [2.75, 3.05) is 18.4 Å². The van der Waals surface area contributed by atoms with Crippen LogP contribution in [0.5, 0.6) is 0 Å². The first kappa shape index (κ1) is 19.7. The van der Waals surface area contributed by atoms with Crippen LogP contribution >= 0.6 is 0 Å². The zero-order chi connectivity index (χ0) is 21.4. The Bertz CT molecular complexity index is 1230. The van der Waals surface area contributed by atoms with Crippen molar-refractivity contribution in [3.63, 3.8) is 0 Å². The van der Waals surface area contributed by atoms with Crippen molar-refractivity contribution < 1.29 is 13.2 Å². The summed E-state index contributed by atoms with van der Waals surface area (Å²) in [5, 5.41) is 11.9. The molecule has 5 rings (SSSR count). The molecule has 7 nitrogen and oxygen atoms in total. The van der Waals surface area contributed by atoms with Crippen LogP contribution in [0.1, 0.15) is 25.0 Å². The van der Waals surface area contributed by atoms with E-state index in [1.807, 2.05) is 24.3 Å². The fraction of sp³-hybridized carbons (Fsp3) is 0.333. The van der Waals surface area contributed by atoms with Crippen molar-refractivity contribution >= 4 is 22.5 Å². The predicted molar refractivity (Wildman–Crippen MR) is 111 cm³/mol. The Morgan fingerprint density at radius 1 is 1.06 bits per heavy atom. The van der Waals surface area contributed by atoms with E-state index in [4.69, 9.17) is 0 Å². The maximum atomic E-state index is 13.5. The Hall–Kier alpha value is -3.27. The molecule has 1 atom stereocenters. The summed E-state index contributed by atoms with van der Waals surface area (Å²) in [6.45, 7) is 1.74. The highest BCUT2D eigenvalue weighted by atomic mass is 19.4. The average Bonchev–Trinajstić information content (AvgIpc) is 3.06. The van der Waals surface area contributed by atoms with Gasteiger partial charge in [-0.3, -0.25) is 4.98 Å². The van der Waals surface area contributed by atoms with Gasteiger partial charge >= 0.3 is 6.18 Å². The Labute approximate surface area is 175 Å². The molecular weight excluding hydrogens is 407 g/mol. The van der Waals surface area contributed by atoms with Crippen molar-refractivity contribution in [1.29, 1.82) is 0 Å². The molecule has 31 heavy (non-hydrogen) atoms. The maximum absolute atomic E-state index is 13.5. The minimum Gasteiger partial charge on any atom is -0.350 e. The molecule has 2 N–H and O–H groups in total. The molecule has 0 amide bonds. The van der Waals surface area contributed by atoms with E-state index in [9.17, 15) is 13.2 Å². The maximum Gasteiger partial charge on any atom is 0.434 e. The van der Waals surface area contributed by atoms with Crippen LogP contribution in [0, 0.1) is 0 Å². The van der Waals surface area contributed by atoms with Crippen molar-refractivity contribution in [2.45, 2.75) is 31.5 Å². The number of para-hydroxylation sites is 1. The molecule has 0 unspecified atom stereocenters. The molecule has 0 spiro atoms. The van der Waals surface area contributed by atoms with E-state index in [0.717, 1.165) is 38.5 Å².